The van der Waals surface area contributed by atoms with Gasteiger partial charge < -0.3 is 10.6 Å². The van der Waals surface area contributed by atoms with Crippen LogP contribution in [0.4, 0.5) is 4.39 Å². The molecule has 3 nitrogen and oxygen atoms in total. The predicted octanol–water partition coefficient (Wildman–Crippen LogP) is 4.40. The van der Waals surface area contributed by atoms with Gasteiger partial charge >= 0.3 is 0 Å². The van der Waals surface area contributed by atoms with E-state index in [1.807, 2.05) is 13.0 Å². The molecule has 0 saturated carbocycles. The third-order valence-electron chi connectivity index (χ3n) is 4.78. The van der Waals surface area contributed by atoms with Crippen molar-refractivity contribution >= 4 is 29.7 Å². The summed E-state index contributed by atoms with van der Waals surface area (Å²) in [6.07, 6.45) is 2.16. The number of thiophene rings is 1. The Morgan fingerprint density at radius 2 is 1.92 bits per heavy atom. The monoisotopic (exact) mass is 382 g/mol. The van der Waals surface area contributed by atoms with Crippen molar-refractivity contribution in [3.8, 4) is 11.1 Å². The number of hydrogen-bond acceptors (Lipinski definition) is 3. The molecular formula is C19H24ClFN2OS. The minimum atomic E-state index is -0.250. The van der Waals surface area contributed by atoms with Crippen LogP contribution in [0, 0.1) is 18.2 Å². The summed E-state index contributed by atoms with van der Waals surface area (Å²) >= 11 is 1.49. The first-order chi connectivity index (χ1) is 11.5. The van der Waals surface area contributed by atoms with E-state index < -0.39 is 0 Å². The third kappa shape index (κ3) is 4.81. The molecule has 3 rings (SSSR count). The molecule has 0 spiro atoms. The zero-order valence-electron chi connectivity index (χ0n) is 14.5. The highest BCUT2D eigenvalue weighted by molar-refractivity contribution is 7.14. The number of rotatable bonds is 4. The molecule has 1 aromatic heterocycles. The number of hydrogen-bond donors (Lipinski definition) is 2. The second kappa shape index (κ2) is 8.30. The Kier molecular flexibility index (Phi) is 6.60. The minimum Gasteiger partial charge on any atom is -0.351 e. The lowest BCUT2D eigenvalue weighted by molar-refractivity contribution is 0.0926. The van der Waals surface area contributed by atoms with E-state index in [0.717, 1.165) is 41.9 Å². The van der Waals surface area contributed by atoms with E-state index in [2.05, 4.69) is 17.6 Å². The summed E-state index contributed by atoms with van der Waals surface area (Å²) in [6.45, 7) is 6.96. The van der Waals surface area contributed by atoms with Gasteiger partial charge in [-0.2, -0.15) is 0 Å². The number of nitrogens with one attached hydrogen (secondary N) is 2. The average molecular weight is 383 g/mol. The van der Waals surface area contributed by atoms with Gasteiger partial charge in [0.1, 0.15) is 5.82 Å². The maximum absolute atomic E-state index is 13.1. The van der Waals surface area contributed by atoms with Gasteiger partial charge in [-0.25, -0.2) is 4.39 Å². The zero-order valence-corrected chi connectivity index (χ0v) is 16.2. The van der Waals surface area contributed by atoms with Crippen LogP contribution in [0.5, 0.6) is 0 Å². The largest absolute Gasteiger partial charge is 0.351 e. The molecule has 25 heavy (non-hydrogen) atoms. The predicted molar refractivity (Wildman–Crippen MR) is 104 cm³/mol. The molecule has 0 atom stereocenters. The Hall–Kier alpha value is -1.43. The van der Waals surface area contributed by atoms with Gasteiger partial charge in [-0.3, -0.25) is 4.79 Å². The smallest absolute Gasteiger partial charge is 0.261 e. The van der Waals surface area contributed by atoms with Crippen molar-refractivity contribution in [3.63, 3.8) is 0 Å². The third-order valence-corrected chi connectivity index (χ3v) is 5.83. The van der Waals surface area contributed by atoms with Crippen molar-refractivity contribution in [2.24, 2.45) is 5.41 Å². The van der Waals surface area contributed by atoms with Crippen molar-refractivity contribution in [2.45, 2.75) is 26.7 Å². The molecule has 1 aliphatic heterocycles. The number of benzene rings is 1. The van der Waals surface area contributed by atoms with Crippen LogP contribution in [0.25, 0.3) is 11.1 Å². The summed E-state index contributed by atoms with van der Waals surface area (Å²) in [4.78, 5) is 14.3. The molecule has 0 aliphatic carbocycles. The van der Waals surface area contributed by atoms with Crippen LogP contribution in [0.3, 0.4) is 0 Å². The molecule has 1 aliphatic rings. The Balaban J connectivity index is 0.00000225. The van der Waals surface area contributed by atoms with Crippen LogP contribution in [0.2, 0.25) is 0 Å². The van der Waals surface area contributed by atoms with Gasteiger partial charge in [0.25, 0.3) is 5.91 Å². The van der Waals surface area contributed by atoms with Gasteiger partial charge in [0.15, 0.2) is 0 Å². The number of carbonyl (C=O) groups excluding carboxylic acids is 1. The standard InChI is InChI=1S/C19H23FN2OS.ClH/c1-13-16(14-3-5-15(20)6-4-14)11-17(24-13)18(23)22-12-19(2)7-9-21-10-8-19;/h3-6,11,21H,7-10,12H2,1-2H3,(H,22,23);1H. The molecular weight excluding hydrogens is 359 g/mol. The van der Waals surface area contributed by atoms with E-state index in [4.69, 9.17) is 0 Å². The van der Waals surface area contributed by atoms with Gasteiger partial charge in [-0.05, 0) is 67.6 Å². The van der Waals surface area contributed by atoms with Crippen molar-refractivity contribution in [2.75, 3.05) is 19.6 Å². The quantitative estimate of drug-likeness (QED) is 0.822. The highest BCUT2D eigenvalue weighted by Crippen LogP contribution is 2.32. The lowest BCUT2D eigenvalue weighted by atomic mass is 9.81. The first kappa shape index (κ1) is 19.9. The van der Waals surface area contributed by atoms with E-state index >= 15 is 0 Å². The Morgan fingerprint density at radius 1 is 1.28 bits per heavy atom. The van der Waals surface area contributed by atoms with Crippen molar-refractivity contribution in [1.82, 2.24) is 10.6 Å². The Morgan fingerprint density at radius 3 is 2.56 bits per heavy atom. The molecule has 1 aromatic carbocycles. The molecule has 1 fully saturated rings. The van der Waals surface area contributed by atoms with Gasteiger partial charge in [-0.1, -0.05) is 19.1 Å². The minimum absolute atomic E-state index is 0. The van der Waals surface area contributed by atoms with E-state index in [1.54, 1.807) is 12.1 Å². The molecule has 0 radical (unpaired) electrons. The SMILES string of the molecule is Cc1sc(C(=O)NCC2(C)CCNCC2)cc1-c1ccc(F)cc1.Cl. The van der Waals surface area contributed by atoms with Crippen molar-refractivity contribution in [1.29, 1.82) is 0 Å². The molecule has 6 heteroatoms. The zero-order chi connectivity index (χ0) is 17.2. The molecule has 0 unspecified atom stereocenters. The lowest BCUT2D eigenvalue weighted by Gasteiger charge is -2.34. The second-order valence-electron chi connectivity index (χ2n) is 6.83. The number of halogens is 2. The van der Waals surface area contributed by atoms with Crippen LogP contribution in [-0.2, 0) is 0 Å². The van der Waals surface area contributed by atoms with Crippen LogP contribution < -0.4 is 10.6 Å². The first-order valence-corrected chi connectivity index (χ1v) is 9.14. The summed E-state index contributed by atoms with van der Waals surface area (Å²) in [5, 5.41) is 6.45. The van der Waals surface area contributed by atoms with E-state index in [9.17, 15) is 9.18 Å². The summed E-state index contributed by atoms with van der Waals surface area (Å²) in [6, 6.07) is 8.31. The molecule has 2 aromatic rings. The fourth-order valence-electron chi connectivity index (χ4n) is 3.10. The van der Waals surface area contributed by atoms with Crippen LogP contribution >= 0.6 is 23.7 Å². The van der Waals surface area contributed by atoms with Crippen molar-refractivity contribution in [3.05, 3.63) is 45.9 Å². The summed E-state index contributed by atoms with van der Waals surface area (Å²) < 4.78 is 13.1. The maximum Gasteiger partial charge on any atom is 0.261 e. The summed E-state index contributed by atoms with van der Waals surface area (Å²) in [7, 11) is 0. The van der Waals surface area contributed by atoms with Gasteiger partial charge in [-0.15, -0.1) is 23.7 Å². The van der Waals surface area contributed by atoms with Crippen molar-refractivity contribution < 1.29 is 9.18 Å². The molecule has 1 saturated heterocycles. The Bertz CT molecular complexity index is 724. The molecule has 136 valence electrons. The van der Waals surface area contributed by atoms with Crippen LogP contribution in [0.1, 0.15) is 34.3 Å². The maximum atomic E-state index is 13.1. The first-order valence-electron chi connectivity index (χ1n) is 8.32. The van der Waals surface area contributed by atoms with Gasteiger partial charge in [0.05, 0.1) is 4.88 Å². The number of aryl methyl sites for hydroxylation is 1. The summed E-state index contributed by atoms with van der Waals surface area (Å²) in [5.41, 5.74) is 2.11. The van der Waals surface area contributed by atoms with E-state index in [-0.39, 0.29) is 29.5 Å². The average Bonchev–Trinajstić information content (AvgIpc) is 2.96. The van der Waals surface area contributed by atoms with E-state index in [1.165, 1.54) is 23.5 Å². The number of amides is 1. The normalized spacial score (nSPS) is 16.1. The van der Waals surface area contributed by atoms with Gasteiger partial charge in [0, 0.05) is 11.4 Å². The molecule has 1 amide bonds. The second-order valence-corrected chi connectivity index (χ2v) is 8.09. The van der Waals surface area contributed by atoms with E-state index in [0.29, 0.717) is 11.4 Å². The number of piperidine rings is 1. The van der Waals surface area contributed by atoms with Crippen LogP contribution in [-0.4, -0.2) is 25.5 Å². The highest BCUT2D eigenvalue weighted by Gasteiger charge is 2.27. The molecule has 2 N–H and O–H groups in total. The van der Waals surface area contributed by atoms with Crippen LogP contribution in [0.15, 0.2) is 30.3 Å². The molecule has 0 bridgehead atoms. The topological polar surface area (TPSA) is 41.1 Å². The fraction of sp³-hybridized carbons (Fsp3) is 0.421. The highest BCUT2D eigenvalue weighted by atomic mass is 35.5. The lowest BCUT2D eigenvalue weighted by Crippen LogP contribution is -2.42. The molecule has 2 heterocycles. The Labute approximate surface area is 158 Å². The summed E-state index contributed by atoms with van der Waals surface area (Å²) in [5.74, 6) is -0.268. The number of carbonyl (C=O) groups is 1. The fourth-order valence-corrected chi connectivity index (χ4v) is 4.06. The van der Waals surface area contributed by atoms with Gasteiger partial charge in [0.2, 0.25) is 0 Å².